The van der Waals surface area contributed by atoms with E-state index in [1.54, 1.807) is 12.1 Å². The summed E-state index contributed by atoms with van der Waals surface area (Å²) in [6, 6.07) is 7.86. The second kappa shape index (κ2) is 5.27. The highest BCUT2D eigenvalue weighted by atomic mass is 19.2. The van der Waals surface area contributed by atoms with Crippen LogP contribution < -0.4 is 15.0 Å². The molecule has 1 atom stereocenters. The van der Waals surface area contributed by atoms with Crippen LogP contribution in [0, 0.1) is 5.82 Å². The van der Waals surface area contributed by atoms with Crippen LogP contribution in [0.25, 0.3) is 0 Å². The first-order valence-electron chi connectivity index (χ1n) is 6.42. The van der Waals surface area contributed by atoms with E-state index in [1.165, 1.54) is 30.3 Å². The van der Waals surface area contributed by atoms with Crippen LogP contribution in [-0.2, 0) is 0 Å². The van der Waals surface area contributed by atoms with Crippen LogP contribution in [0.1, 0.15) is 12.5 Å². The molecule has 2 N–H and O–H groups in total. The van der Waals surface area contributed by atoms with Crippen molar-refractivity contribution in [2.45, 2.75) is 13.0 Å². The summed E-state index contributed by atoms with van der Waals surface area (Å²) in [5, 5.41) is 9.24. The van der Waals surface area contributed by atoms with Crippen LogP contribution in [0.3, 0.4) is 0 Å². The number of fused-ring (bicyclic) bond motifs is 1. The van der Waals surface area contributed by atoms with E-state index >= 15 is 0 Å². The molecule has 0 aliphatic carbocycles. The third kappa shape index (κ3) is 2.84. The number of halogens is 2. The molecular weight excluding hydrogens is 294 g/mol. The molecule has 1 aliphatic heterocycles. The van der Waals surface area contributed by atoms with Gasteiger partial charge in [-0.3, -0.25) is 10.7 Å². The summed E-state index contributed by atoms with van der Waals surface area (Å²) in [4.78, 5) is 4.10. The normalized spacial score (nSPS) is 20.1. The quantitative estimate of drug-likeness (QED) is 0.508. The number of amidine groups is 1. The Morgan fingerprint density at radius 2 is 1.95 bits per heavy atom. The Morgan fingerprint density at radius 1 is 1.18 bits per heavy atom. The minimum Gasteiger partial charge on any atom is -0.423 e. The molecule has 3 rings (SSSR count). The first-order chi connectivity index (χ1) is 10.5. The molecule has 0 radical (unpaired) electrons. The zero-order valence-corrected chi connectivity index (χ0v) is 11.5. The number of hydrogen-bond donors (Lipinski definition) is 2. The number of hydroxylamine groups is 1. The van der Waals surface area contributed by atoms with Gasteiger partial charge in [0.1, 0.15) is 5.82 Å². The standard InChI is InChI=1S/C15H12F2N2O3/c1-15(17)21-12-6-5-9(7-13(12)22-15)14(19-20)18-11-4-2-3-10(16)8-11/h2-8,20H,1H3,(H,18,19). The van der Waals surface area contributed by atoms with E-state index in [1.807, 2.05) is 5.48 Å². The van der Waals surface area contributed by atoms with Gasteiger partial charge in [0, 0.05) is 12.5 Å². The highest BCUT2D eigenvalue weighted by molar-refractivity contribution is 6.00. The summed E-state index contributed by atoms with van der Waals surface area (Å²) in [5.41, 5.74) is 2.67. The van der Waals surface area contributed by atoms with Gasteiger partial charge >= 0.3 is 6.04 Å². The topological polar surface area (TPSA) is 63.1 Å². The minimum atomic E-state index is -2.23. The van der Waals surface area contributed by atoms with Crippen molar-refractivity contribution in [3.8, 4) is 11.5 Å². The summed E-state index contributed by atoms with van der Waals surface area (Å²) in [7, 11) is 0. The lowest BCUT2D eigenvalue weighted by molar-refractivity contribution is -0.173. The van der Waals surface area contributed by atoms with Crippen molar-refractivity contribution >= 4 is 11.5 Å². The van der Waals surface area contributed by atoms with Crippen molar-refractivity contribution in [2.24, 2.45) is 4.99 Å². The largest absolute Gasteiger partial charge is 0.423 e. The number of benzene rings is 2. The van der Waals surface area contributed by atoms with E-state index in [0.29, 0.717) is 11.3 Å². The van der Waals surface area contributed by atoms with E-state index in [4.69, 9.17) is 9.47 Å². The highest BCUT2D eigenvalue weighted by Gasteiger charge is 2.36. The lowest BCUT2D eigenvalue weighted by atomic mass is 10.2. The third-order valence-corrected chi connectivity index (χ3v) is 2.96. The maximum atomic E-state index is 13.6. The van der Waals surface area contributed by atoms with Gasteiger partial charge in [0.25, 0.3) is 0 Å². The molecule has 0 fully saturated rings. The molecule has 22 heavy (non-hydrogen) atoms. The molecule has 0 saturated heterocycles. The summed E-state index contributed by atoms with van der Waals surface area (Å²) in [6.07, 6.45) is 0. The molecule has 1 aliphatic rings. The summed E-state index contributed by atoms with van der Waals surface area (Å²) >= 11 is 0. The molecule has 1 unspecified atom stereocenters. The van der Waals surface area contributed by atoms with Gasteiger partial charge in [0.2, 0.25) is 0 Å². The van der Waals surface area contributed by atoms with Gasteiger partial charge < -0.3 is 9.47 Å². The number of nitrogens with one attached hydrogen (secondary N) is 1. The molecule has 114 valence electrons. The lowest BCUT2D eigenvalue weighted by Gasteiger charge is -2.10. The third-order valence-electron chi connectivity index (χ3n) is 2.96. The van der Waals surface area contributed by atoms with Crippen LogP contribution in [0.4, 0.5) is 14.5 Å². The molecule has 5 nitrogen and oxygen atoms in total. The molecule has 0 aromatic heterocycles. The number of hydrogen-bond acceptors (Lipinski definition) is 4. The first kappa shape index (κ1) is 14.3. The predicted molar refractivity (Wildman–Crippen MR) is 74.7 cm³/mol. The zero-order valence-electron chi connectivity index (χ0n) is 11.5. The summed E-state index contributed by atoms with van der Waals surface area (Å²) < 4.78 is 36.7. The number of nitrogens with zero attached hydrogens (tertiary/aromatic N) is 1. The van der Waals surface area contributed by atoms with Gasteiger partial charge in [-0.25, -0.2) is 9.38 Å². The van der Waals surface area contributed by atoms with Crippen LogP contribution >= 0.6 is 0 Å². The Kier molecular flexibility index (Phi) is 3.42. The Hall–Kier alpha value is -2.67. The van der Waals surface area contributed by atoms with Crippen molar-refractivity contribution < 1.29 is 23.5 Å². The van der Waals surface area contributed by atoms with E-state index in [9.17, 15) is 14.0 Å². The van der Waals surface area contributed by atoms with Crippen LogP contribution in [0.15, 0.2) is 47.5 Å². The maximum Gasteiger partial charge on any atom is 0.404 e. The molecule has 0 bridgehead atoms. The van der Waals surface area contributed by atoms with Crippen LogP contribution in [0.5, 0.6) is 11.5 Å². The molecule has 0 saturated carbocycles. The summed E-state index contributed by atoms with van der Waals surface area (Å²) in [5.74, 6) is 0.0448. The van der Waals surface area contributed by atoms with Gasteiger partial charge in [0.15, 0.2) is 17.3 Å². The van der Waals surface area contributed by atoms with Gasteiger partial charge in [-0.15, -0.1) is 0 Å². The van der Waals surface area contributed by atoms with E-state index in [2.05, 4.69) is 4.99 Å². The van der Waals surface area contributed by atoms with E-state index in [-0.39, 0.29) is 17.3 Å². The van der Waals surface area contributed by atoms with Gasteiger partial charge in [-0.2, -0.15) is 4.39 Å². The fraction of sp³-hybridized carbons (Fsp3) is 0.133. The minimum absolute atomic E-state index is 0.0597. The van der Waals surface area contributed by atoms with Crippen molar-refractivity contribution in [3.63, 3.8) is 0 Å². The number of ether oxygens (including phenoxy) is 2. The first-order valence-corrected chi connectivity index (χ1v) is 6.42. The van der Waals surface area contributed by atoms with Crippen molar-refractivity contribution in [1.29, 1.82) is 0 Å². The fourth-order valence-corrected chi connectivity index (χ4v) is 2.06. The SMILES string of the molecule is CC1(F)Oc2ccc(C(=Nc3cccc(F)c3)NO)cc2O1. The predicted octanol–water partition coefficient (Wildman–Crippen LogP) is 3.30. The summed E-state index contributed by atoms with van der Waals surface area (Å²) in [6.45, 7) is 1.14. The second-order valence-electron chi connectivity index (χ2n) is 4.75. The molecule has 7 heteroatoms. The maximum absolute atomic E-state index is 13.6. The van der Waals surface area contributed by atoms with Gasteiger partial charge in [0.05, 0.1) is 5.69 Å². The van der Waals surface area contributed by atoms with E-state index in [0.717, 1.165) is 6.92 Å². The smallest absolute Gasteiger partial charge is 0.404 e. The Labute approximate surface area is 124 Å². The van der Waals surface area contributed by atoms with Crippen molar-refractivity contribution in [2.75, 3.05) is 0 Å². The molecular formula is C15H12F2N2O3. The van der Waals surface area contributed by atoms with Crippen LogP contribution in [-0.4, -0.2) is 17.1 Å². The van der Waals surface area contributed by atoms with Crippen molar-refractivity contribution in [1.82, 2.24) is 5.48 Å². The zero-order chi connectivity index (χ0) is 15.7. The molecule has 2 aromatic carbocycles. The average molecular weight is 306 g/mol. The Morgan fingerprint density at radius 3 is 2.68 bits per heavy atom. The molecule has 1 heterocycles. The number of rotatable bonds is 2. The van der Waals surface area contributed by atoms with Crippen molar-refractivity contribution in [3.05, 3.63) is 53.8 Å². The highest BCUT2D eigenvalue weighted by Crippen LogP contribution is 2.40. The monoisotopic (exact) mass is 306 g/mol. The number of aliphatic imine (C=N–C) groups is 1. The van der Waals surface area contributed by atoms with E-state index < -0.39 is 11.9 Å². The molecule has 2 aromatic rings. The average Bonchev–Trinajstić information content (AvgIpc) is 2.77. The number of alkyl halides is 1. The van der Waals surface area contributed by atoms with Gasteiger partial charge in [-0.1, -0.05) is 6.07 Å². The van der Waals surface area contributed by atoms with Gasteiger partial charge in [-0.05, 0) is 36.4 Å². The lowest BCUT2D eigenvalue weighted by Crippen LogP contribution is -2.27. The molecule has 0 amide bonds. The molecule has 0 spiro atoms. The Balaban J connectivity index is 1.96. The fourth-order valence-electron chi connectivity index (χ4n) is 2.06. The second-order valence-corrected chi connectivity index (χ2v) is 4.75. The Bertz CT molecular complexity index is 747. The van der Waals surface area contributed by atoms with Crippen LogP contribution in [0.2, 0.25) is 0 Å².